The number of hydrogen-bond acceptors (Lipinski definition) is 8. The maximum atomic E-state index is 13.5. The van der Waals surface area contributed by atoms with E-state index < -0.39 is 0 Å². The highest BCUT2D eigenvalue weighted by molar-refractivity contribution is 6.13. The Hall–Kier alpha value is -3.80. The predicted octanol–water partition coefficient (Wildman–Crippen LogP) is 4.01. The van der Waals surface area contributed by atoms with Gasteiger partial charge in [0.15, 0.2) is 0 Å². The molecular formula is C30H37N5O5. The quantitative estimate of drug-likeness (QED) is 0.130. The molecule has 10 nitrogen and oxygen atoms in total. The van der Waals surface area contributed by atoms with Crippen LogP contribution >= 0.6 is 0 Å². The summed E-state index contributed by atoms with van der Waals surface area (Å²) in [5.41, 5.74) is 11.1. The minimum atomic E-state index is -0.218. The van der Waals surface area contributed by atoms with Gasteiger partial charge in [-0.2, -0.15) is 0 Å². The first-order chi connectivity index (χ1) is 19.3. The molecular weight excluding hydrogens is 510 g/mol. The van der Waals surface area contributed by atoms with Crippen molar-refractivity contribution in [1.82, 2.24) is 10.3 Å². The molecule has 1 heterocycles. The average Bonchev–Trinajstić information content (AvgIpc) is 2.95. The van der Waals surface area contributed by atoms with E-state index in [1.54, 1.807) is 32.4 Å². The number of fused-ring (bicyclic) bond motifs is 2. The van der Waals surface area contributed by atoms with Crippen molar-refractivity contribution in [3.05, 3.63) is 82.6 Å². The van der Waals surface area contributed by atoms with Crippen LogP contribution in [0.2, 0.25) is 0 Å². The molecule has 10 heteroatoms. The van der Waals surface area contributed by atoms with E-state index in [4.69, 9.17) is 20.2 Å². The van der Waals surface area contributed by atoms with E-state index in [0.717, 1.165) is 27.4 Å². The Morgan fingerprint density at radius 2 is 1.60 bits per heavy atom. The van der Waals surface area contributed by atoms with E-state index in [1.165, 1.54) is 0 Å². The van der Waals surface area contributed by atoms with Crippen LogP contribution in [0.25, 0.3) is 21.8 Å². The van der Waals surface area contributed by atoms with Crippen molar-refractivity contribution in [3.8, 4) is 0 Å². The molecule has 0 spiro atoms. The monoisotopic (exact) mass is 547 g/mol. The maximum absolute atomic E-state index is 13.5. The number of rotatable bonds is 13. The Bertz CT molecular complexity index is 1450. The Morgan fingerprint density at radius 3 is 2.23 bits per heavy atom. The van der Waals surface area contributed by atoms with E-state index in [2.05, 4.69) is 5.32 Å². The van der Waals surface area contributed by atoms with Crippen LogP contribution in [-0.4, -0.2) is 74.2 Å². The molecule has 212 valence electrons. The summed E-state index contributed by atoms with van der Waals surface area (Å²) in [6.45, 7) is 6.09. The van der Waals surface area contributed by atoms with Gasteiger partial charge < -0.3 is 35.4 Å². The molecule has 0 bridgehead atoms. The maximum Gasteiger partial charge on any atom is 0.253 e. The first-order valence-corrected chi connectivity index (χ1v) is 13.2. The summed E-state index contributed by atoms with van der Waals surface area (Å²) < 4.78 is 11.4. The van der Waals surface area contributed by atoms with Gasteiger partial charge in [-0.15, -0.1) is 0 Å². The third-order valence-corrected chi connectivity index (χ3v) is 7.41. The van der Waals surface area contributed by atoms with Gasteiger partial charge in [0.1, 0.15) is 19.6 Å². The number of para-hydroxylation sites is 2. The van der Waals surface area contributed by atoms with Gasteiger partial charge in [-0.1, -0.05) is 42.5 Å². The summed E-state index contributed by atoms with van der Waals surface area (Å²) in [5.74, 6) is -0.218. The summed E-state index contributed by atoms with van der Waals surface area (Å²) in [6.07, 6.45) is 0. The molecule has 0 saturated carbocycles. The van der Waals surface area contributed by atoms with Crippen molar-refractivity contribution in [2.45, 2.75) is 13.5 Å². The normalized spacial score (nSPS) is 11.7. The van der Waals surface area contributed by atoms with Gasteiger partial charge in [0.05, 0.1) is 54.3 Å². The highest BCUT2D eigenvalue weighted by atomic mass is 16.8. The van der Waals surface area contributed by atoms with Crippen LogP contribution in [0, 0.1) is 12.1 Å². The van der Waals surface area contributed by atoms with Gasteiger partial charge in [-0.05, 0) is 30.7 Å². The lowest BCUT2D eigenvalue weighted by Gasteiger charge is -2.39. The molecule has 0 fully saturated rings. The molecule has 1 aromatic heterocycles. The van der Waals surface area contributed by atoms with Crippen molar-refractivity contribution in [1.29, 1.82) is 0 Å². The number of hydrogen-bond donors (Lipinski definition) is 3. The van der Waals surface area contributed by atoms with Crippen molar-refractivity contribution in [2.24, 2.45) is 0 Å². The zero-order valence-corrected chi connectivity index (χ0v) is 23.2. The van der Waals surface area contributed by atoms with Crippen molar-refractivity contribution in [3.63, 3.8) is 0 Å². The molecule has 0 aliphatic rings. The summed E-state index contributed by atoms with van der Waals surface area (Å²) in [6, 6.07) is 18.2. The lowest BCUT2D eigenvalue weighted by molar-refractivity contribution is -0.940. The van der Waals surface area contributed by atoms with Crippen LogP contribution in [-0.2, 0) is 16.0 Å². The van der Waals surface area contributed by atoms with Crippen molar-refractivity contribution in [2.75, 3.05) is 64.6 Å². The summed E-state index contributed by atoms with van der Waals surface area (Å²) in [7, 11) is 3.33. The number of nitrogens with one attached hydrogen (secondary N) is 1. The SMILES string of the molecule is COCC[N+](CCNC(=O)c1cccc2c(N)c3cccc(C)c3nc12)(CCOC)Cc1ccc(N([O-])O)cc1. The smallest absolute Gasteiger partial charge is 0.253 e. The predicted molar refractivity (Wildman–Crippen MR) is 157 cm³/mol. The number of carbonyl (C=O) groups is 1. The molecule has 0 saturated heterocycles. The fourth-order valence-electron chi connectivity index (χ4n) is 5.11. The Labute approximate surface area is 234 Å². The standard InChI is InChI=1S/C30H37N5O5/c1-21-6-4-7-24-27(31)25-8-5-9-26(29(25)33-28(21)24)30(36)32-14-15-35(16-18-39-2,17-19-40-3)20-22-10-12-23(13-11-22)34(37)38/h4-13,37H,14-20H2,1-3H3,(H2,31,33)(H,32,36). The molecule has 4 N–H and O–H groups in total. The number of aryl methyl sites for hydroxylation is 1. The first kappa shape index (κ1) is 29.2. The molecule has 0 aliphatic heterocycles. The number of methoxy groups -OCH3 is 2. The van der Waals surface area contributed by atoms with Crippen LogP contribution in [0.3, 0.4) is 0 Å². The van der Waals surface area contributed by atoms with Crippen molar-refractivity contribution >= 4 is 39.1 Å². The summed E-state index contributed by atoms with van der Waals surface area (Å²) >= 11 is 0. The van der Waals surface area contributed by atoms with E-state index >= 15 is 0 Å². The van der Waals surface area contributed by atoms with Gasteiger partial charge in [0, 0.05) is 30.6 Å². The Morgan fingerprint density at radius 1 is 0.975 bits per heavy atom. The number of amides is 1. The van der Waals surface area contributed by atoms with Crippen molar-refractivity contribution < 1.29 is 24.0 Å². The summed E-state index contributed by atoms with van der Waals surface area (Å²) in [5, 5.41) is 24.9. The van der Waals surface area contributed by atoms with Crippen LogP contribution in [0.4, 0.5) is 11.4 Å². The summed E-state index contributed by atoms with van der Waals surface area (Å²) in [4.78, 5) is 18.3. The van der Waals surface area contributed by atoms with Gasteiger partial charge in [-0.3, -0.25) is 10.0 Å². The van der Waals surface area contributed by atoms with E-state index in [9.17, 15) is 15.2 Å². The lowest BCUT2D eigenvalue weighted by atomic mass is 10.0. The van der Waals surface area contributed by atoms with Crippen LogP contribution < -0.4 is 16.3 Å². The van der Waals surface area contributed by atoms with Gasteiger partial charge in [0.25, 0.3) is 5.91 Å². The molecule has 3 aromatic carbocycles. The number of nitrogens with zero attached hydrogens (tertiary/aromatic N) is 3. The fraction of sp³-hybridized carbons (Fsp3) is 0.333. The third kappa shape index (κ3) is 6.49. The minimum absolute atomic E-state index is 0.156. The second-order valence-electron chi connectivity index (χ2n) is 10.0. The number of ether oxygens (including phenoxy) is 2. The number of nitrogens with two attached hydrogens (primary N) is 1. The Kier molecular flexibility index (Phi) is 9.51. The number of aromatic nitrogens is 1. The number of pyridine rings is 1. The first-order valence-electron chi connectivity index (χ1n) is 13.2. The van der Waals surface area contributed by atoms with Crippen LogP contribution in [0.5, 0.6) is 0 Å². The highest BCUT2D eigenvalue weighted by Gasteiger charge is 2.28. The zero-order valence-electron chi connectivity index (χ0n) is 23.2. The van der Waals surface area contributed by atoms with Crippen LogP contribution in [0.1, 0.15) is 21.5 Å². The molecule has 1 amide bonds. The molecule has 0 atom stereocenters. The number of benzene rings is 3. The number of nitrogen functional groups attached to an aromatic ring is 1. The second kappa shape index (κ2) is 13.0. The minimum Gasteiger partial charge on any atom is -0.733 e. The Balaban J connectivity index is 1.57. The fourth-order valence-corrected chi connectivity index (χ4v) is 5.11. The van der Waals surface area contributed by atoms with E-state index in [-0.39, 0.29) is 16.8 Å². The third-order valence-electron chi connectivity index (χ3n) is 7.41. The van der Waals surface area contributed by atoms with Gasteiger partial charge >= 0.3 is 0 Å². The average molecular weight is 548 g/mol. The molecule has 4 aromatic rings. The second-order valence-corrected chi connectivity index (χ2v) is 10.0. The van der Waals surface area contributed by atoms with Crippen LogP contribution in [0.15, 0.2) is 60.7 Å². The van der Waals surface area contributed by atoms with Gasteiger partial charge in [0.2, 0.25) is 0 Å². The number of quaternary nitrogens is 1. The van der Waals surface area contributed by atoms with E-state index in [0.29, 0.717) is 67.2 Å². The largest absolute Gasteiger partial charge is 0.733 e. The molecule has 0 radical (unpaired) electrons. The molecule has 40 heavy (non-hydrogen) atoms. The molecule has 0 aliphatic carbocycles. The number of anilines is 2. The number of carbonyl (C=O) groups excluding carboxylic acids is 1. The topological polar surface area (TPSA) is 133 Å². The zero-order chi connectivity index (χ0) is 28.7. The van der Waals surface area contributed by atoms with E-state index in [1.807, 2.05) is 49.4 Å². The molecule has 4 rings (SSSR count). The lowest BCUT2D eigenvalue weighted by Crippen LogP contribution is -2.54. The van der Waals surface area contributed by atoms with Gasteiger partial charge in [-0.25, -0.2) is 4.98 Å². The molecule has 0 unspecified atom stereocenters. The highest BCUT2D eigenvalue weighted by Crippen LogP contribution is 2.31.